The zero-order chi connectivity index (χ0) is 23.9. The van der Waals surface area contributed by atoms with Gasteiger partial charge in [0, 0.05) is 25.5 Å². The molecule has 0 spiro atoms. The first-order chi connectivity index (χ1) is 15.6. The average Bonchev–Trinajstić information content (AvgIpc) is 3.40. The maximum atomic E-state index is 13.3. The van der Waals surface area contributed by atoms with Crippen LogP contribution in [-0.4, -0.2) is 30.9 Å². The zero-order valence-electron chi connectivity index (χ0n) is 17.6. The van der Waals surface area contributed by atoms with Gasteiger partial charge in [0.1, 0.15) is 0 Å². The summed E-state index contributed by atoms with van der Waals surface area (Å²) in [5.74, 6) is -2.66. The number of halogens is 3. The monoisotopic (exact) mass is 456 g/mol. The molecular formula is C24H19F3N2O4. The van der Waals surface area contributed by atoms with Crippen molar-refractivity contribution in [2.24, 2.45) is 0 Å². The minimum atomic E-state index is -4.63. The van der Waals surface area contributed by atoms with Gasteiger partial charge in [-0.15, -0.1) is 0 Å². The Morgan fingerprint density at radius 2 is 1.76 bits per heavy atom. The molecule has 1 aromatic heterocycles. The van der Waals surface area contributed by atoms with Crippen LogP contribution in [0.2, 0.25) is 0 Å². The maximum absolute atomic E-state index is 13.3. The van der Waals surface area contributed by atoms with E-state index in [1.54, 1.807) is 24.3 Å². The van der Waals surface area contributed by atoms with Crippen LogP contribution >= 0.6 is 0 Å². The van der Waals surface area contributed by atoms with Crippen molar-refractivity contribution >= 4 is 23.1 Å². The fraction of sp³-hybridized carbons (Fsp3) is 0.167. The van der Waals surface area contributed by atoms with Crippen LogP contribution in [0.1, 0.15) is 27.7 Å². The first-order valence-corrected chi connectivity index (χ1v) is 9.89. The summed E-state index contributed by atoms with van der Waals surface area (Å²) in [5.41, 5.74) is -0.0683. The number of ketones is 1. The minimum absolute atomic E-state index is 0.106. The molecule has 4 rings (SSSR count). The number of amides is 1. The van der Waals surface area contributed by atoms with E-state index in [0.717, 1.165) is 22.7 Å². The van der Waals surface area contributed by atoms with Gasteiger partial charge in [0.05, 0.1) is 23.4 Å². The molecule has 0 saturated heterocycles. The standard InChI is InChI=1S/C24H19F3N2O4/c1-28(2)16-10-8-14(9-11-16)20-19(21(30)18-7-4-12-33-18)22(31)23(32)29(20)17-6-3-5-15(13-17)24(25,26)27/h3-13,20,31H,1-2H3. The predicted molar refractivity (Wildman–Crippen MR) is 115 cm³/mol. The van der Waals surface area contributed by atoms with Crippen LogP contribution in [0.15, 0.2) is 82.7 Å². The fourth-order valence-corrected chi connectivity index (χ4v) is 3.75. The van der Waals surface area contributed by atoms with Crippen LogP contribution in [0.5, 0.6) is 0 Å². The molecule has 0 radical (unpaired) electrons. The number of nitrogens with zero attached hydrogens (tertiary/aromatic N) is 2. The summed E-state index contributed by atoms with van der Waals surface area (Å²) in [6, 6.07) is 12.7. The van der Waals surface area contributed by atoms with Gasteiger partial charge >= 0.3 is 6.18 Å². The number of hydrogen-bond acceptors (Lipinski definition) is 5. The van der Waals surface area contributed by atoms with Crippen molar-refractivity contribution in [3.63, 3.8) is 0 Å². The van der Waals surface area contributed by atoms with Gasteiger partial charge in [-0.25, -0.2) is 0 Å². The van der Waals surface area contributed by atoms with E-state index in [9.17, 15) is 27.9 Å². The number of anilines is 2. The molecule has 1 atom stereocenters. The van der Waals surface area contributed by atoms with Crippen LogP contribution in [-0.2, 0) is 11.0 Å². The molecule has 1 N–H and O–H groups in total. The van der Waals surface area contributed by atoms with Crippen molar-refractivity contribution < 1.29 is 32.3 Å². The fourth-order valence-electron chi connectivity index (χ4n) is 3.75. The minimum Gasteiger partial charge on any atom is -0.503 e. The second-order valence-corrected chi connectivity index (χ2v) is 7.68. The quantitative estimate of drug-likeness (QED) is 0.538. The molecule has 170 valence electrons. The molecule has 9 heteroatoms. The lowest BCUT2D eigenvalue weighted by Crippen LogP contribution is -2.31. The number of Topliss-reactive ketones (excluding diaryl/α,β-unsaturated/α-hetero) is 1. The lowest BCUT2D eigenvalue weighted by Gasteiger charge is -2.27. The smallest absolute Gasteiger partial charge is 0.416 e. The molecule has 1 aliphatic heterocycles. The largest absolute Gasteiger partial charge is 0.503 e. The molecule has 2 heterocycles. The van der Waals surface area contributed by atoms with E-state index in [2.05, 4.69) is 0 Å². The maximum Gasteiger partial charge on any atom is 0.416 e. The lowest BCUT2D eigenvalue weighted by molar-refractivity contribution is -0.137. The molecule has 2 aromatic carbocycles. The van der Waals surface area contributed by atoms with Crippen molar-refractivity contribution in [3.05, 3.63) is 95.1 Å². The molecule has 33 heavy (non-hydrogen) atoms. The van der Waals surface area contributed by atoms with Crippen molar-refractivity contribution in [3.8, 4) is 0 Å². The first-order valence-electron chi connectivity index (χ1n) is 9.89. The van der Waals surface area contributed by atoms with Crippen molar-refractivity contribution in [1.82, 2.24) is 0 Å². The number of aliphatic hydroxyl groups excluding tert-OH is 1. The van der Waals surface area contributed by atoms with Gasteiger partial charge in [0.25, 0.3) is 5.91 Å². The SMILES string of the molecule is CN(C)c1ccc(C2C(C(=O)c3ccco3)=C(O)C(=O)N2c2cccc(C(F)(F)F)c2)cc1. The first kappa shape index (κ1) is 22.2. The highest BCUT2D eigenvalue weighted by Gasteiger charge is 2.45. The Hall–Kier alpha value is -4.01. The van der Waals surface area contributed by atoms with Gasteiger partial charge in [-0.05, 0) is 48.0 Å². The third-order valence-electron chi connectivity index (χ3n) is 5.37. The van der Waals surface area contributed by atoms with E-state index in [-0.39, 0.29) is 17.0 Å². The number of hydrogen-bond donors (Lipinski definition) is 1. The molecule has 1 amide bonds. The molecule has 0 aliphatic carbocycles. The number of carbonyl (C=O) groups excluding carboxylic acids is 2. The molecule has 3 aromatic rings. The molecular weight excluding hydrogens is 437 g/mol. The van der Waals surface area contributed by atoms with Gasteiger partial charge in [0.2, 0.25) is 5.78 Å². The summed E-state index contributed by atoms with van der Waals surface area (Å²) < 4.78 is 45.1. The van der Waals surface area contributed by atoms with Gasteiger partial charge in [0.15, 0.2) is 11.5 Å². The number of alkyl halides is 3. The van der Waals surface area contributed by atoms with Crippen LogP contribution < -0.4 is 9.80 Å². The summed E-state index contributed by atoms with van der Waals surface area (Å²) in [5, 5.41) is 10.7. The van der Waals surface area contributed by atoms with Crippen LogP contribution in [0.4, 0.5) is 24.5 Å². The number of rotatable bonds is 5. The second kappa shape index (κ2) is 8.16. The molecule has 6 nitrogen and oxygen atoms in total. The summed E-state index contributed by atoms with van der Waals surface area (Å²) in [4.78, 5) is 29.0. The topological polar surface area (TPSA) is 74.0 Å². The average molecular weight is 456 g/mol. The van der Waals surface area contributed by atoms with E-state index < -0.39 is 35.2 Å². The normalized spacial score (nSPS) is 16.5. The van der Waals surface area contributed by atoms with Gasteiger partial charge in [-0.3, -0.25) is 14.5 Å². The Labute approximate surface area is 187 Å². The summed E-state index contributed by atoms with van der Waals surface area (Å²) in [6.07, 6.45) is -3.36. The van der Waals surface area contributed by atoms with Crippen molar-refractivity contribution in [2.45, 2.75) is 12.2 Å². The molecule has 0 fully saturated rings. The summed E-state index contributed by atoms with van der Waals surface area (Å²) in [7, 11) is 3.67. The van der Waals surface area contributed by atoms with E-state index >= 15 is 0 Å². The molecule has 1 aliphatic rings. The van der Waals surface area contributed by atoms with Gasteiger partial charge in [-0.2, -0.15) is 13.2 Å². The van der Waals surface area contributed by atoms with Gasteiger partial charge in [-0.1, -0.05) is 18.2 Å². The molecule has 0 saturated carbocycles. The number of benzene rings is 2. The van der Waals surface area contributed by atoms with E-state index in [1.807, 2.05) is 19.0 Å². The summed E-state index contributed by atoms with van der Waals surface area (Å²) in [6.45, 7) is 0. The third-order valence-corrected chi connectivity index (χ3v) is 5.37. The molecule has 0 bridgehead atoms. The van der Waals surface area contributed by atoms with Crippen LogP contribution in [0.25, 0.3) is 0 Å². The number of furan rings is 1. The Morgan fingerprint density at radius 1 is 1.06 bits per heavy atom. The highest BCUT2D eigenvalue weighted by molar-refractivity contribution is 6.20. The Balaban J connectivity index is 1.87. The Kier molecular flexibility index (Phi) is 5.49. The van der Waals surface area contributed by atoms with Crippen LogP contribution in [0, 0.1) is 0 Å². The van der Waals surface area contributed by atoms with Crippen LogP contribution in [0.3, 0.4) is 0 Å². The van der Waals surface area contributed by atoms with E-state index in [1.165, 1.54) is 30.5 Å². The van der Waals surface area contributed by atoms with Crippen molar-refractivity contribution in [2.75, 3.05) is 23.9 Å². The third kappa shape index (κ3) is 3.97. The second-order valence-electron chi connectivity index (χ2n) is 7.68. The number of aliphatic hydroxyl groups is 1. The van der Waals surface area contributed by atoms with E-state index in [0.29, 0.717) is 5.56 Å². The summed E-state index contributed by atoms with van der Waals surface area (Å²) >= 11 is 0. The highest BCUT2D eigenvalue weighted by atomic mass is 19.4. The Bertz CT molecular complexity index is 1230. The molecule has 1 unspecified atom stereocenters. The zero-order valence-corrected chi connectivity index (χ0v) is 17.6. The van der Waals surface area contributed by atoms with E-state index in [4.69, 9.17) is 4.42 Å². The lowest BCUT2D eigenvalue weighted by atomic mass is 9.94. The highest BCUT2D eigenvalue weighted by Crippen LogP contribution is 2.43. The van der Waals surface area contributed by atoms with Crippen molar-refractivity contribution in [1.29, 1.82) is 0 Å². The number of carbonyl (C=O) groups is 2. The Morgan fingerprint density at radius 3 is 2.33 bits per heavy atom. The van der Waals surface area contributed by atoms with Gasteiger partial charge < -0.3 is 14.4 Å². The predicted octanol–water partition coefficient (Wildman–Crippen LogP) is 5.15.